The zero-order chi connectivity index (χ0) is 13.6. The quantitative estimate of drug-likeness (QED) is 0.354. The van der Waals surface area contributed by atoms with E-state index in [0.717, 1.165) is 0 Å². The molecular weight excluding hydrogens is 230 g/mol. The second-order valence-corrected chi connectivity index (χ2v) is 3.76. The zero-order valence-corrected chi connectivity index (χ0v) is 9.73. The lowest BCUT2D eigenvalue weighted by atomic mass is 10.0. The first-order chi connectivity index (χ1) is 7.83. The first kappa shape index (κ1) is 15.6. The van der Waals surface area contributed by atoms with E-state index in [9.17, 15) is 9.59 Å². The molecule has 0 rings (SSSR count). The number of carboxylic acids is 1. The number of nitrogens with one attached hydrogen (secondary N) is 1. The van der Waals surface area contributed by atoms with Crippen molar-refractivity contribution in [2.45, 2.75) is 19.4 Å². The van der Waals surface area contributed by atoms with E-state index in [1.165, 1.54) is 13.8 Å². The van der Waals surface area contributed by atoms with E-state index in [-0.39, 0.29) is 11.1 Å². The molecule has 0 unspecified atom stereocenters. The van der Waals surface area contributed by atoms with Gasteiger partial charge in [0.1, 0.15) is 5.54 Å². The summed E-state index contributed by atoms with van der Waals surface area (Å²) in [4.78, 5) is 22.2. The zero-order valence-electron chi connectivity index (χ0n) is 9.73. The van der Waals surface area contributed by atoms with Gasteiger partial charge in [-0.2, -0.15) is 0 Å². The average Bonchev–Trinajstić information content (AvgIpc) is 2.33. The Morgan fingerprint density at radius 3 is 1.71 bits per heavy atom. The van der Waals surface area contributed by atoms with E-state index >= 15 is 0 Å². The lowest BCUT2D eigenvalue weighted by Gasteiger charge is -2.28. The van der Waals surface area contributed by atoms with Gasteiger partial charge < -0.3 is 25.7 Å². The van der Waals surface area contributed by atoms with Crippen molar-refractivity contribution in [3.05, 3.63) is 11.1 Å². The average molecular weight is 247 g/mol. The van der Waals surface area contributed by atoms with Crippen LogP contribution in [-0.4, -0.2) is 57.7 Å². The highest BCUT2D eigenvalue weighted by Crippen LogP contribution is 2.08. The number of aliphatic carboxylic acids is 1. The summed E-state index contributed by atoms with van der Waals surface area (Å²) in [5, 5.41) is 37.9. The number of carboxylic acid groups (broad SMARTS) is 1. The van der Waals surface area contributed by atoms with Crippen LogP contribution in [0.2, 0.25) is 0 Å². The van der Waals surface area contributed by atoms with Crippen molar-refractivity contribution >= 4 is 11.9 Å². The summed E-state index contributed by atoms with van der Waals surface area (Å²) in [6.45, 7) is 0.576. The van der Waals surface area contributed by atoms with Crippen LogP contribution >= 0.6 is 0 Å². The maximum absolute atomic E-state index is 11.6. The number of rotatable bonds is 6. The summed E-state index contributed by atoms with van der Waals surface area (Å²) in [6, 6.07) is 0. The minimum atomic E-state index is -1.56. The molecule has 0 aliphatic carbocycles. The Kier molecular flexibility index (Phi) is 5.80. The number of aliphatic hydroxyl groups excluding tert-OH is 3. The van der Waals surface area contributed by atoms with E-state index in [0.29, 0.717) is 0 Å². The summed E-state index contributed by atoms with van der Waals surface area (Å²) < 4.78 is 0. The maximum Gasteiger partial charge on any atom is 0.331 e. The molecule has 0 radical (unpaired) electrons. The van der Waals surface area contributed by atoms with Crippen LogP contribution < -0.4 is 5.32 Å². The van der Waals surface area contributed by atoms with E-state index in [1.54, 1.807) is 0 Å². The van der Waals surface area contributed by atoms with E-state index in [1.807, 2.05) is 0 Å². The lowest BCUT2D eigenvalue weighted by Crippen LogP contribution is -2.57. The molecule has 5 N–H and O–H groups in total. The molecule has 0 heterocycles. The van der Waals surface area contributed by atoms with Crippen molar-refractivity contribution in [1.82, 2.24) is 5.32 Å². The van der Waals surface area contributed by atoms with E-state index in [2.05, 4.69) is 5.32 Å². The minimum absolute atomic E-state index is 0.0581. The number of amides is 1. The number of carbonyl (C=O) groups excluding carboxylic acids is 1. The molecule has 1 amide bonds. The molecule has 0 aliphatic rings. The molecule has 0 saturated heterocycles. The van der Waals surface area contributed by atoms with Crippen molar-refractivity contribution < 1.29 is 30.0 Å². The van der Waals surface area contributed by atoms with Crippen LogP contribution in [0.1, 0.15) is 13.8 Å². The largest absolute Gasteiger partial charge is 0.478 e. The fourth-order valence-electron chi connectivity index (χ4n) is 0.934. The molecule has 7 nitrogen and oxygen atoms in total. The summed E-state index contributed by atoms with van der Waals surface area (Å²) in [5.41, 5.74) is -1.76. The summed E-state index contributed by atoms with van der Waals surface area (Å²) >= 11 is 0. The predicted molar refractivity (Wildman–Crippen MR) is 58.1 cm³/mol. The molecule has 0 aromatic carbocycles. The molecule has 0 atom stereocenters. The molecule has 7 heteroatoms. The highest BCUT2D eigenvalue weighted by molar-refractivity contribution is 6.01. The van der Waals surface area contributed by atoms with Gasteiger partial charge in [0.05, 0.1) is 19.8 Å². The van der Waals surface area contributed by atoms with Gasteiger partial charge in [0.25, 0.3) is 0 Å². The Morgan fingerprint density at radius 2 is 1.41 bits per heavy atom. The molecule has 0 aromatic heterocycles. The first-order valence-electron chi connectivity index (χ1n) is 4.89. The number of carbonyl (C=O) groups is 2. The fraction of sp³-hybridized carbons (Fsp3) is 0.600. The van der Waals surface area contributed by atoms with Crippen LogP contribution in [-0.2, 0) is 9.59 Å². The molecule has 17 heavy (non-hydrogen) atoms. The van der Waals surface area contributed by atoms with Gasteiger partial charge in [0.15, 0.2) is 0 Å². The third-order valence-corrected chi connectivity index (χ3v) is 2.51. The fourth-order valence-corrected chi connectivity index (χ4v) is 0.934. The van der Waals surface area contributed by atoms with Crippen molar-refractivity contribution in [3.63, 3.8) is 0 Å². The van der Waals surface area contributed by atoms with Crippen molar-refractivity contribution in [2.75, 3.05) is 19.8 Å². The molecule has 0 fully saturated rings. The van der Waals surface area contributed by atoms with Crippen molar-refractivity contribution in [2.24, 2.45) is 0 Å². The Labute approximate surface area is 98.4 Å². The molecule has 0 bridgehead atoms. The Morgan fingerprint density at radius 1 is 1.00 bits per heavy atom. The Bertz CT molecular complexity index is 323. The number of aliphatic hydroxyl groups is 3. The van der Waals surface area contributed by atoms with Gasteiger partial charge in [-0.25, -0.2) is 4.79 Å². The second-order valence-electron chi connectivity index (χ2n) is 3.76. The van der Waals surface area contributed by atoms with Crippen LogP contribution in [0.4, 0.5) is 0 Å². The Balaban J connectivity index is 4.98. The molecule has 0 aromatic rings. The summed E-state index contributed by atoms with van der Waals surface area (Å²) in [6.07, 6.45) is 0. The van der Waals surface area contributed by atoms with Crippen molar-refractivity contribution in [1.29, 1.82) is 0 Å². The normalized spacial score (nSPS) is 13.0. The molecular formula is C10H17NO6. The van der Waals surface area contributed by atoms with Gasteiger partial charge in [0, 0.05) is 11.1 Å². The second kappa shape index (κ2) is 6.33. The predicted octanol–water partition coefficient (Wildman–Crippen LogP) is -1.76. The van der Waals surface area contributed by atoms with E-state index in [4.69, 9.17) is 20.4 Å². The van der Waals surface area contributed by atoms with Gasteiger partial charge in [-0.05, 0) is 13.8 Å². The summed E-state index contributed by atoms with van der Waals surface area (Å²) in [5.74, 6) is -2.00. The maximum atomic E-state index is 11.6. The highest BCUT2D eigenvalue weighted by Gasteiger charge is 2.30. The molecule has 0 aliphatic heterocycles. The standard InChI is InChI=1S/C10H17NO6/c1-6(7(2)9(16)17)8(15)11-10(3-12,4-13)5-14/h12-14H,3-5H2,1-2H3,(H,11,15)(H,16,17). The third kappa shape index (κ3) is 3.81. The van der Waals surface area contributed by atoms with Gasteiger partial charge >= 0.3 is 5.97 Å². The lowest BCUT2D eigenvalue weighted by molar-refractivity contribution is -0.133. The van der Waals surface area contributed by atoms with Crippen LogP contribution in [0.3, 0.4) is 0 Å². The molecule has 0 spiro atoms. The smallest absolute Gasteiger partial charge is 0.331 e. The van der Waals surface area contributed by atoms with Gasteiger partial charge in [0.2, 0.25) is 5.91 Å². The van der Waals surface area contributed by atoms with Crippen LogP contribution in [0, 0.1) is 0 Å². The first-order valence-corrected chi connectivity index (χ1v) is 4.89. The molecule has 0 saturated carbocycles. The topological polar surface area (TPSA) is 127 Å². The van der Waals surface area contributed by atoms with Crippen LogP contribution in [0.25, 0.3) is 0 Å². The van der Waals surface area contributed by atoms with Crippen molar-refractivity contribution in [3.8, 4) is 0 Å². The van der Waals surface area contributed by atoms with Gasteiger partial charge in [-0.15, -0.1) is 0 Å². The van der Waals surface area contributed by atoms with E-state index < -0.39 is 37.2 Å². The monoisotopic (exact) mass is 247 g/mol. The van der Waals surface area contributed by atoms with Crippen LogP contribution in [0.15, 0.2) is 11.1 Å². The minimum Gasteiger partial charge on any atom is -0.478 e. The van der Waals surface area contributed by atoms with Gasteiger partial charge in [-0.3, -0.25) is 4.79 Å². The molecule has 98 valence electrons. The van der Waals surface area contributed by atoms with Gasteiger partial charge in [-0.1, -0.05) is 0 Å². The SMILES string of the molecule is CC(C(=O)O)=C(C)C(=O)NC(CO)(CO)CO. The number of hydrogen-bond donors (Lipinski definition) is 5. The number of hydrogen-bond acceptors (Lipinski definition) is 5. The van der Waals surface area contributed by atoms with Crippen LogP contribution in [0.5, 0.6) is 0 Å². The Hall–Kier alpha value is -1.44. The summed E-state index contributed by atoms with van der Waals surface area (Å²) in [7, 11) is 0. The highest BCUT2D eigenvalue weighted by atomic mass is 16.4. The third-order valence-electron chi connectivity index (χ3n) is 2.51.